The van der Waals surface area contributed by atoms with E-state index < -0.39 is 0 Å². The molecule has 1 aromatic rings. The van der Waals surface area contributed by atoms with Crippen molar-refractivity contribution in [1.29, 1.82) is 0 Å². The summed E-state index contributed by atoms with van der Waals surface area (Å²) in [5, 5.41) is 12.7. The van der Waals surface area contributed by atoms with Gasteiger partial charge in [-0.2, -0.15) is 0 Å². The third-order valence-electron chi connectivity index (χ3n) is 3.85. The zero-order valence-corrected chi connectivity index (χ0v) is 12.2. The molecule has 1 amide bonds. The van der Waals surface area contributed by atoms with Crippen LogP contribution in [0, 0.1) is 19.8 Å². The smallest absolute Gasteiger partial charge is 0.251 e. The molecule has 0 bridgehead atoms. The fourth-order valence-corrected chi connectivity index (χ4v) is 2.61. The van der Waals surface area contributed by atoms with Crippen molar-refractivity contribution in [3.63, 3.8) is 0 Å². The Morgan fingerprint density at radius 2 is 2.10 bits per heavy atom. The Hall–Kier alpha value is -1.55. The molecule has 1 unspecified atom stereocenters. The lowest BCUT2D eigenvalue weighted by Gasteiger charge is -2.21. The highest BCUT2D eigenvalue weighted by Crippen LogP contribution is 2.23. The molecule has 1 fully saturated rings. The highest BCUT2D eigenvalue weighted by Gasteiger charge is 2.14. The molecule has 4 nitrogen and oxygen atoms in total. The summed E-state index contributed by atoms with van der Waals surface area (Å²) < 4.78 is 5.43. The highest BCUT2D eigenvalue weighted by molar-refractivity contribution is 5.94. The van der Waals surface area contributed by atoms with E-state index in [1.165, 1.54) is 6.42 Å². The minimum absolute atomic E-state index is 0.0760. The van der Waals surface area contributed by atoms with Crippen molar-refractivity contribution in [2.24, 2.45) is 5.92 Å². The fourth-order valence-electron chi connectivity index (χ4n) is 2.61. The zero-order valence-electron chi connectivity index (χ0n) is 12.2. The van der Waals surface area contributed by atoms with Gasteiger partial charge in [-0.25, -0.2) is 0 Å². The van der Waals surface area contributed by atoms with Crippen LogP contribution in [0.4, 0.5) is 0 Å². The third-order valence-corrected chi connectivity index (χ3v) is 3.85. The van der Waals surface area contributed by atoms with Crippen molar-refractivity contribution in [1.82, 2.24) is 5.32 Å². The van der Waals surface area contributed by atoms with Crippen LogP contribution in [-0.4, -0.2) is 30.8 Å². The number of nitrogens with one attached hydrogen (secondary N) is 1. The quantitative estimate of drug-likeness (QED) is 0.889. The van der Waals surface area contributed by atoms with Crippen LogP contribution in [0.3, 0.4) is 0 Å². The minimum atomic E-state index is -0.0760. The lowest BCUT2D eigenvalue weighted by molar-refractivity contribution is 0.0514. The van der Waals surface area contributed by atoms with Crippen LogP contribution in [0.25, 0.3) is 0 Å². The number of carbonyl (C=O) groups is 1. The van der Waals surface area contributed by atoms with Crippen LogP contribution in [0.2, 0.25) is 0 Å². The average Bonchev–Trinajstić information content (AvgIpc) is 2.45. The molecule has 2 rings (SSSR count). The third kappa shape index (κ3) is 3.73. The molecule has 0 aromatic heterocycles. The van der Waals surface area contributed by atoms with E-state index in [0.717, 1.165) is 37.2 Å². The van der Waals surface area contributed by atoms with E-state index in [9.17, 15) is 9.90 Å². The summed E-state index contributed by atoms with van der Waals surface area (Å²) in [5.74, 6) is 0.751. The van der Waals surface area contributed by atoms with Gasteiger partial charge in [0, 0.05) is 25.3 Å². The maximum atomic E-state index is 12.1. The average molecular weight is 277 g/mol. The van der Waals surface area contributed by atoms with Crippen LogP contribution in [0.1, 0.15) is 40.7 Å². The number of benzene rings is 1. The Morgan fingerprint density at radius 3 is 2.70 bits per heavy atom. The number of carbonyl (C=O) groups excluding carboxylic acids is 1. The van der Waals surface area contributed by atoms with E-state index in [1.807, 2.05) is 0 Å². The predicted octanol–water partition coefficient (Wildman–Crippen LogP) is 2.56. The van der Waals surface area contributed by atoms with Crippen molar-refractivity contribution < 1.29 is 14.6 Å². The van der Waals surface area contributed by atoms with Gasteiger partial charge in [-0.15, -0.1) is 0 Å². The number of phenols is 1. The molecule has 0 radical (unpaired) electrons. The molecule has 20 heavy (non-hydrogen) atoms. The standard InChI is InChI=1S/C16H23NO3/c1-11-8-14(9-12(2)15(11)18)16(19)17-6-5-13-4-3-7-20-10-13/h8-9,13,18H,3-7,10H2,1-2H3,(H,17,19). The Bertz CT molecular complexity index is 456. The molecule has 0 spiro atoms. The first-order valence-corrected chi connectivity index (χ1v) is 7.24. The summed E-state index contributed by atoms with van der Waals surface area (Å²) in [5.41, 5.74) is 2.07. The second-order valence-electron chi connectivity index (χ2n) is 5.59. The van der Waals surface area contributed by atoms with Gasteiger partial charge >= 0.3 is 0 Å². The molecule has 1 aliphatic rings. The molecule has 1 saturated heterocycles. The summed E-state index contributed by atoms with van der Waals surface area (Å²) in [6.45, 7) is 5.96. The number of aromatic hydroxyl groups is 1. The summed E-state index contributed by atoms with van der Waals surface area (Å²) in [6.07, 6.45) is 3.27. The molecule has 0 aliphatic carbocycles. The SMILES string of the molecule is Cc1cc(C(=O)NCCC2CCCOC2)cc(C)c1O. The molecule has 1 heterocycles. The molecule has 1 atom stereocenters. The Balaban J connectivity index is 1.85. The number of amides is 1. The number of aryl methyl sites for hydroxylation is 2. The highest BCUT2D eigenvalue weighted by atomic mass is 16.5. The largest absolute Gasteiger partial charge is 0.507 e. The number of hydrogen-bond acceptors (Lipinski definition) is 3. The van der Waals surface area contributed by atoms with Gasteiger partial charge in [-0.05, 0) is 62.3 Å². The molecule has 1 aliphatic heterocycles. The number of hydrogen-bond donors (Lipinski definition) is 2. The van der Waals surface area contributed by atoms with Gasteiger partial charge in [-0.1, -0.05) is 0 Å². The maximum absolute atomic E-state index is 12.1. The Morgan fingerprint density at radius 1 is 1.40 bits per heavy atom. The normalized spacial score (nSPS) is 18.8. The molecule has 110 valence electrons. The monoisotopic (exact) mass is 277 g/mol. The predicted molar refractivity (Wildman–Crippen MR) is 78.1 cm³/mol. The number of phenolic OH excluding ortho intramolecular Hbond substituents is 1. The molecular formula is C16H23NO3. The van der Waals surface area contributed by atoms with Crippen LogP contribution < -0.4 is 5.32 Å². The van der Waals surface area contributed by atoms with Crippen LogP contribution >= 0.6 is 0 Å². The topological polar surface area (TPSA) is 58.6 Å². The van der Waals surface area contributed by atoms with Gasteiger partial charge in [0.1, 0.15) is 5.75 Å². The van der Waals surface area contributed by atoms with E-state index in [0.29, 0.717) is 18.0 Å². The first-order valence-electron chi connectivity index (χ1n) is 7.24. The zero-order chi connectivity index (χ0) is 14.5. The lowest BCUT2D eigenvalue weighted by Crippen LogP contribution is -2.28. The van der Waals surface area contributed by atoms with Crippen LogP contribution in [0.15, 0.2) is 12.1 Å². The van der Waals surface area contributed by atoms with Gasteiger partial charge in [-0.3, -0.25) is 4.79 Å². The maximum Gasteiger partial charge on any atom is 0.251 e. The van der Waals surface area contributed by atoms with Crippen molar-refractivity contribution in [2.75, 3.05) is 19.8 Å². The van der Waals surface area contributed by atoms with Gasteiger partial charge < -0.3 is 15.2 Å². The first kappa shape index (κ1) is 14.9. The number of ether oxygens (including phenoxy) is 1. The van der Waals surface area contributed by atoms with Crippen molar-refractivity contribution in [3.8, 4) is 5.75 Å². The van der Waals surface area contributed by atoms with Crippen molar-refractivity contribution in [3.05, 3.63) is 28.8 Å². The van der Waals surface area contributed by atoms with E-state index >= 15 is 0 Å². The van der Waals surface area contributed by atoms with Gasteiger partial charge in [0.15, 0.2) is 0 Å². The molecule has 4 heteroatoms. The molecule has 2 N–H and O–H groups in total. The van der Waals surface area contributed by atoms with Crippen LogP contribution in [-0.2, 0) is 4.74 Å². The molecule has 0 saturated carbocycles. The number of rotatable bonds is 4. The molecule has 1 aromatic carbocycles. The summed E-state index contributed by atoms with van der Waals surface area (Å²) in [6, 6.07) is 3.45. The van der Waals surface area contributed by atoms with Crippen molar-refractivity contribution >= 4 is 5.91 Å². The first-order chi connectivity index (χ1) is 9.58. The van der Waals surface area contributed by atoms with E-state index in [4.69, 9.17) is 4.74 Å². The summed E-state index contributed by atoms with van der Waals surface area (Å²) in [4.78, 5) is 12.1. The fraction of sp³-hybridized carbons (Fsp3) is 0.562. The summed E-state index contributed by atoms with van der Waals surface area (Å²) in [7, 11) is 0. The Kier molecular flexibility index (Phi) is 5.01. The second-order valence-corrected chi connectivity index (χ2v) is 5.59. The van der Waals surface area contributed by atoms with Crippen molar-refractivity contribution in [2.45, 2.75) is 33.1 Å². The summed E-state index contributed by atoms with van der Waals surface area (Å²) >= 11 is 0. The van der Waals surface area contributed by atoms with Crippen LogP contribution in [0.5, 0.6) is 5.75 Å². The minimum Gasteiger partial charge on any atom is -0.507 e. The van der Waals surface area contributed by atoms with Gasteiger partial charge in [0.2, 0.25) is 0 Å². The van der Waals surface area contributed by atoms with Gasteiger partial charge in [0.25, 0.3) is 5.91 Å². The van der Waals surface area contributed by atoms with E-state index in [-0.39, 0.29) is 11.7 Å². The molecular weight excluding hydrogens is 254 g/mol. The Labute approximate surface area is 120 Å². The second kappa shape index (κ2) is 6.75. The van der Waals surface area contributed by atoms with E-state index in [2.05, 4.69) is 5.32 Å². The van der Waals surface area contributed by atoms with E-state index in [1.54, 1.807) is 26.0 Å². The lowest BCUT2D eigenvalue weighted by atomic mass is 9.98. The van der Waals surface area contributed by atoms with Gasteiger partial charge in [0.05, 0.1) is 0 Å².